The third kappa shape index (κ3) is 2.18. The maximum absolute atomic E-state index is 6.07. The van der Waals surface area contributed by atoms with Gasteiger partial charge in [-0.05, 0) is 55.5 Å². The van der Waals surface area contributed by atoms with E-state index in [0.717, 1.165) is 31.6 Å². The highest BCUT2D eigenvalue weighted by Crippen LogP contribution is 2.29. The number of nitrogens with zero attached hydrogens (tertiary/aromatic N) is 2. The molecular formula is C15H21N3S. The van der Waals surface area contributed by atoms with Crippen molar-refractivity contribution in [3.63, 3.8) is 0 Å². The van der Waals surface area contributed by atoms with Crippen molar-refractivity contribution in [1.29, 1.82) is 0 Å². The van der Waals surface area contributed by atoms with Gasteiger partial charge in [-0.1, -0.05) is 6.92 Å². The minimum absolute atomic E-state index is 0.751. The molecule has 3 nitrogen and oxygen atoms in total. The van der Waals surface area contributed by atoms with Gasteiger partial charge in [0, 0.05) is 16.1 Å². The number of nitrogens with two attached hydrogens (primary N) is 1. The maximum atomic E-state index is 6.07. The highest BCUT2D eigenvalue weighted by molar-refractivity contribution is 7.10. The molecule has 2 heterocycles. The van der Waals surface area contributed by atoms with Crippen LogP contribution in [0.5, 0.6) is 0 Å². The van der Waals surface area contributed by atoms with Crippen LogP contribution in [0.4, 0.5) is 5.82 Å². The second kappa shape index (κ2) is 5.00. The van der Waals surface area contributed by atoms with Crippen LogP contribution in [0.1, 0.15) is 47.0 Å². The van der Waals surface area contributed by atoms with Crippen molar-refractivity contribution < 1.29 is 0 Å². The highest BCUT2D eigenvalue weighted by Gasteiger charge is 2.20. The van der Waals surface area contributed by atoms with E-state index in [1.54, 1.807) is 0 Å². The third-order valence-corrected chi connectivity index (χ3v) is 5.17. The summed E-state index contributed by atoms with van der Waals surface area (Å²) in [6.07, 6.45) is 5.84. The second-order valence-electron chi connectivity index (χ2n) is 5.32. The zero-order valence-electron chi connectivity index (χ0n) is 11.7. The van der Waals surface area contributed by atoms with Crippen molar-refractivity contribution in [2.75, 3.05) is 5.73 Å². The lowest BCUT2D eigenvalue weighted by Crippen LogP contribution is -2.11. The minimum atomic E-state index is 0.751. The van der Waals surface area contributed by atoms with E-state index in [-0.39, 0.29) is 0 Å². The average Bonchev–Trinajstić information content (AvgIpc) is 2.93. The van der Waals surface area contributed by atoms with Crippen molar-refractivity contribution in [3.05, 3.63) is 32.6 Å². The quantitative estimate of drug-likeness (QED) is 0.933. The van der Waals surface area contributed by atoms with E-state index in [4.69, 9.17) is 5.73 Å². The zero-order chi connectivity index (χ0) is 13.4. The van der Waals surface area contributed by atoms with Crippen molar-refractivity contribution >= 4 is 17.2 Å². The normalized spacial score (nSPS) is 14.6. The molecule has 0 radical (unpaired) electrons. The monoisotopic (exact) mass is 275 g/mol. The molecule has 2 N–H and O–H groups in total. The Hall–Kier alpha value is -1.29. The summed E-state index contributed by atoms with van der Waals surface area (Å²) in [6.45, 7) is 5.31. The molecule has 1 aliphatic rings. The Kier molecular flexibility index (Phi) is 3.35. The van der Waals surface area contributed by atoms with Crippen LogP contribution in [0.3, 0.4) is 0 Å². The fraction of sp³-hybridized carbons (Fsp3) is 0.533. The van der Waals surface area contributed by atoms with Gasteiger partial charge in [0.2, 0.25) is 0 Å². The number of thiophene rings is 1. The molecule has 0 saturated carbocycles. The Balaban J connectivity index is 1.97. The number of hydrogen-bond acceptors (Lipinski definition) is 3. The molecule has 4 heteroatoms. The first kappa shape index (κ1) is 12.7. The molecule has 0 amide bonds. The van der Waals surface area contributed by atoms with Crippen LogP contribution in [0.25, 0.3) is 0 Å². The highest BCUT2D eigenvalue weighted by atomic mass is 32.1. The van der Waals surface area contributed by atoms with Crippen molar-refractivity contribution in [2.45, 2.75) is 52.5 Å². The first-order valence-corrected chi connectivity index (χ1v) is 7.98. The molecule has 2 aromatic rings. The maximum Gasteiger partial charge on any atom is 0.148 e. The van der Waals surface area contributed by atoms with Crippen molar-refractivity contribution in [2.24, 2.45) is 0 Å². The van der Waals surface area contributed by atoms with Crippen LogP contribution in [-0.2, 0) is 25.8 Å². The molecule has 19 heavy (non-hydrogen) atoms. The smallest absolute Gasteiger partial charge is 0.148 e. The fourth-order valence-electron chi connectivity index (χ4n) is 3.02. The summed E-state index contributed by atoms with van der Waals surface area (Å²) >= 11 is 1.85. The van der Waals surface area contributed by atoms with E-state index >= 15 is 0 Å². The van der Waals surface area contributed by atoms with Gasteiger partial charge < -0.3 is 5.73 Å². The molecule has 0 saturated heterocycles. The SMILES string of the molecule is CCc1csc(C)c1Cn1nc(N)c2c1CCCC2. The van der Waals surface area contributed by atoms with Gasteiger partial charge in [0.15, 0.2) is 0 Å². The Morgan fingerprint density at radius 1 is 1.37 bits per heavy atom. The van der Waals surface area contributed by atoms with Crippen LogP contribution in [0.15, 0.2) is 5.38 Å². The van der Waals surface area contributed by atoms with Crippen LogP contribution in [0, 0.1) is 6.92 Å². The van der Waals surface area contributed by atoms with Crippen LogP contribution in [0.2, 0.25) is 0 Å². The van der Waals surface area contributed by atoms with Gasteiger partial charge in [-0.2, -0.15) is 5.10 Å². The number of aryl methyl sites for hydroxylation is 2. The van der Waals surface area contributed by atoms with E-state index in [2.05, 4.69) is 29.0 Å². The predicted molar refractivity (Wildman–Crippen MR) is 80.8 cm³/mol. The molecule has 0 atom stereocenters. The summed E-state index contributed by atoms with van der Waals surface area (Å²) < 4.78 is 2.15. The molecule has 0 spiro atoms. The predicted octanol–water partition coefficient (Wildman–Crippen LogP) is 3.32. The number of hydrogen-bond donors (Lipinski definition) is 1. The molecule has 0 bridgehead atoms. The Morgan fingerprint density at radius 2 is 2.16 bits per heavy atom. The first-order chi connectivity index (χ1) is 9.20. The van der Waals surface area contributed by atoms with Gasteiger partial charge in [-0.15, -0.1) is 11.3 Å². The lowest BCUT2D eigenvalue weighted by Gasteiger charge is -2.14. The Morgan fingerprint density at radius 3 is 2.95 bits per heavy atom. The largest absolute Gasteiger partial charge is 0.382 e. The molecule has 0 unspecified atom stereocenters. The Labute approximate surface area is 118 Å². The van der Waals surface area contributed by atoms with Gasteiger partial charge in [0.1, 0.15) is 5.82 Å². The lowest BCUT2D eigenvalue weighted by atomic mass is 9.97. The van der Waals surface area contributed by atoms with E-state index in [9.17, 15) is 0 Å². The molecule has 102 valence electrons. The first-order valence-electron chi connectivity index (χ1n) is 7.10. The molecule has 0 aliphatic heterocycles. The fourth-order valence-corrected chi connectivity index (χ4v) is 3.98. The van der Waals surface area contributed by atoms with Crippen molar-refractivity contribution in [1.82, 2.24) is 9.78 Å². The summed E-state index contributed by atoms with van der Waals surface area (Å²) in [6, 6.07) is 0. The van der Waals surface area contributed by atoms with Crippen molar-refractivity contribution in [3.8, 4) is 0 Å². The topological polar surface area (TPSA) is 43.8 Å². The van der Waals surface area contributed by atoms with E-state index in [1.807, 2.05) is 11.3 Å². The van der Waals surface area contributed by atoms with E-state index in [1.165, 1.54) is 40.1 Å². The minimum Gasteiger partial charge on any atom is -0.382 e. The molecule has 0 aromatic carbocycles. The van der Waals surface area contributed by atoms with Gasteiger partial charge >= 0.3 is 0 Å². The van der Waals surface area contributed by atoms with E-state index < -0.39 is 0 Å². The second-order valence-corrected chi connectivity index (χ2v) is 6.41. The number of anilines is 1. The van der Waals surface area contributed by atoms with Gasteiger partial charge in [0.05, 0.1) is 6.54 Å². The standard InChI is InChI=1S/C15H21N3S/c1-3-11-9-19-10(2)13(11)8-18-14-7-5-4-6-12(14)15(16)17-18/h9H,3-8H2,1-2H3,(H2,16,17). The number of rotatable bonds is 3. The summed E-state index contributed by atoms with van der Waals surface area (Å²) in [4.78, 5) is 1.41. The van der Waals surface area contributed by atoms with Crippen LogP contribution >= 0.6 is 11.3 Å². The van der Waals surface area contributed by atoms with Gasteiger partial charge in [0.25, 0.3) is 0 Å². The summed E-state index contributed by atoms with van der Waals surface area (Å²) in [7, 11) is 0. The molecule has 0 fully saturated rings. The molecule has 2 aromatic heterocycles. The van der Waals surface area contributed by atoms with Gasteiger partial charge in [-0.3, -0.25) is 4.68 Å². The van der Waals surface area contributed by atoms with Crippen LogP contribution < -0.4 is 5.73 Å². The Bertz CT molecular complexity index is 595. The lowest BCUT2D eigenvalue weighted by molar-refractivity contribution is 0.594. The van der Waals surface area contributed by atoms with Crippen LogP contribution in [-0.4, -0.2) is 9.78 Å². The summed E-state index contributed by atoms with van der Waals surface area (Å²) in [5, 5.41) is 6.86. The average molecular weight is 275 g/mol. The number of fused-ring (bicyclic) bond motifs is 1. The molecule has 1 aliphatic carbocycles. The number of nitrogen functional groups attached to an aromatic ring is 1. The summed E-state index contributed by atoms with van der Waals surface area (Å²) in [5.74, 6) is 0.751. The van der Waals surface area contributed by atoms with E-state index in [0.29, 0.717) is 0 Å². The summed E-state index contributed by atoms with van der Waals surface area (Å²) in [5.41, 5.74) is 11.7. The zero-order valence-corrected chi connectivity index (χ0v) is 12.5. The molecular weight excluding hydrogens is 254 g/mol. The van der Waals surface area contributed by atoms with Gasteiger partial charge in [-0.25, -0.2) is 0 Å². The molecule has 3 rings (SSSR count). The number of aromatic nitrogens is 2. The third-order valence-electron chi connectivity index (χ3n) is 4.17.